The van der Waals surface area contributed by atoms with Crippen LogP contribution in [0, 0.1) is 19.8 Å². The van der Waals surface area contributed by atoms with Crippen LogP contribution in [0.1, 0.15) is 71.9 Å². The summed E-state index contributed by atoms with van der Waals surface area (Å²) in [5.41, 5.74) is 9.70. The lowest BCUT2D eigenvalue weighted by atomic mass is 9.87. The van der Waals surface area contributed by atoms with Gasteiger partial charge in [-0.05, 0) is 111 Å². The van der Waals surface area contributed by atoms with Crippen molar-refractivity contribution in [1.29, 1.82) is 0 Å². The monoisotopic (exact) mass is 494 g/mol. The van der Waals surface area contributed by atoms with Crippen LogP contribution in [0.25, 0.3) is 5.70 Å². The summed E-state index contributed by atoms with van der Waals surface area (Å²) < 4.78 is 0. The molecule has 0 bridgehead atoms. The van der Waals surface area contributed by atoms with Crippen molar-refractivity contribution >= 4 is 5.70 Å². The number of nitrogens with one attached hydrogen (secondary N) is 1. The molecule has 1 N–H and O–H groups in total. The average molecular weight is 495 g/mol. The largest absolute Gasteiger partial charge is 0.372 e. The van der Waals surface area contributed by atoms with E-state index in [-0.39, 0.29) is 0 Å². The molecule has 0 unspecified atom stereocenters. The fourth-order valence-corrected chi connectivity index (χ4v) is 5.66. The molecule has 0 aromatic heterocycles. The first-order valence-corrected chi connectivity index (χ1v) is 14.4. The summed E-state index contributed by atoms with van der Waals surface area (Å²) in [4.78, 5) is 2.46. The van der Waals surface area contributed by atoms with Crippen molar-refractivity contribution in [3.8, 4) is 0 Å². The number of likely N-dealkylation sites (tertiary alicyclic amines) is 1. The molecule has 0 spiro atoms. The smallest absolute Gasteiger partial charge is 0.0366 e. The van der Waals surface area contributed by atoms with E-state index in [1.54, 1.807) is 0 Å². The minimum Gasteiger partial charge on any atom is -0.372 e. The maximum atomic E-state index is 4.33. The molecular weight excluding hydrogens is 448 g/mol. The Morgan fingerprint density at radius 2 is 1.46 bits per heavy atom. The highest BCUT2D eigenvalue weighted by molar-refractivity contribution is 5.61. The van der Waals surface area contributed by atoms with E-state index in [1.165, 1.54) is 84.3 Å². The zero-order valence-corrected chi connectivity index (χ0v) is 23.3. The van der Waals surface area contributed by atoms with Crippen LogP contribution >= 0.6 is 0 Å². The second-order valence-corrected chi connectivity index (χ2v) is 11.0. The zero-order valence-electron chi connectivity index (χ0n) is 23.3. The summed E-state index contributed by atoms with van der Waals surface area (Å²) in [5.74, 6) is 1.56. The summed E-state index contributed by atoms with van der Waals surface area (Å²) in [6.07, 6.45) is 7.45. The van der Waals surface area contributed by atoms with Gasteiger partial charge in [-0.3, -0.25) is 0 Å². The molecule has 2 aliphatic heterocycles. The molecule has 0 amide bonds. The third kappa shape index (κ3) is 7.82. The quantitative estimate of drug-likeness (QED) is 0.374. The molecule has 2 aliphatic rings. The van der Waals surface area contributed by atoms with Gasteiger partial charge in [0, 0.05) is 18.8 Å². The third-order valence-corrected chi connectivity index (χ3v) is 8.40. The van der Waals surface area contributed by atoms with Gasteiger partial charge in [-0.15, -0.1) is 0 Å². The van der Waals surface area contributed by atoms with Gasteiger partial charge in [0.15, 0.2) is 0 Å². The summed E-state index contributed by atoms with van der Waals surface area (Å²) in [6.45, 7) is 15.4. The highest BCUT2D eigenvalue weighted by Crippen LogP contribution is 2.29. The number of nitrogens with zero attached hydrogens (tertiary/aromatic N) is 1. The van der Waals surface area contributed by atoms with Crippen LogP contribution in [0.4, 0.5) is 0 Å². The van der Waals surface area contributed by atoms with E-state index in [9.17, 15) is 0 Å². The van der Waals surface area contributed by atoms with Crippen molar-refractivity contribution in [3.63, 3.8) is 0 Å². The Kier molecular flexibility index (Phi) is 10.0. The lowest BCUT2D eigenvalue weighted by molar-refractivity contribution is 0.254. The van der Waals surface area contributed by atoms with Gasteiger partial charge in [-0.25, -0.2) is 0 Å². The maximum Gasteiger partial charge on any atom is 0.0366 e. The molecule has 2 fully saturated rings. The average Bonchev–Trinajstić information content (AvgIpc) is 2.96. The lowest BCUT2D eigenvalue weighted by Crippen LogP contribution is -2.32. The molecule has 0 radical (unpaired) electrons. The topological polar surface area (TPSA) is 15.3 Å². The van der Waals surface area contributed by atoms with Crippen molar-refractivity contribution in [1.82, 2.24) is 10.2 Å². The van der Waals surface area contributed by atoms with Crippen LogP contribution in [0.3, 0.4) is 0 Å². The first kappa shape index (κ1) is 27.2. The van der Waals surface area contributed by atoms with Crippen molar-refractivity contribution in [2.45, 2.75) is 65.2 Å². The molecule has 2 nitrogen and oxygen atoms in total. The Bertz CT molecular complexity index is 1100. The summed E-state index contributed by atoms with van der Waals surface area (Å²) in [5, 5.41) is 3.46. The van der Waals surface area contributed by atoms with Crippen LogP contribution < -0.4 is 5.32 Å². The molecule has 2 heteroatoms. The van der Waals surface area contributed by atoms with Gasteiger partial charge in [-0.2, -0.15) is 0 Å². The molecule has 0 atom stereocenters. The maximum absolute atomic E-state index is 4.33. The van der Waals surface area contributed by atoms with Crippen LogP contribution in [0.2, 0.25) is 0 Å². The molecule has 196 valence electrons. The predicted octanol–water partition coefficient (Wildman–Crippen LogP) is 7.94. The molecule has 5 rings (SSSR count). The van der Waals surface area contributed by atoms with Crippen molar-refractivity contribution in [2.75, 3.05) is 26.2 Å². The molecule has 2 heterocycles. The molecular formula is C35H46N2. The van der Waals surface area contributed by atoms with Gasteiger partial charge in [0.1, 0.15) is 0 Å². The minimum atomic E-state index is 0.757. The second kappa shape index (κ2) is 13.6. The van der Waals surface area contributed by atoms with E-state index in [0.717, 1.165) is 31.3 Å². The van der Waals surface area contributed by atoms with Gasteiger partial charge in [0.05, 0.1) is 0 Å². The normalized spacial score (nSPS) is 16.7. The third-order valence-electron chi connectivity index (χ3n) is 8.40. The van der Waals surface area contributed by atoms with Gasteiger partial charge >= 0.3 is 0 Å². The second-order valence-electron chi connectivity index (χ2n) is 11.0. The van der Waals surface area contributed by atoms with Gasteiger partial charge in [0.2, 0.25) is 0 Å². The number of hydrogen-bond acceptors (Lipinski definition) is 2. The number of benzene rings is 3. The Hall–Kier alpha value is -2.84. The van der Waals surface area contributed by atoms with E-state index in [0.29, 0.717) is 0 Å². The fourth-order valence-electron chi connectivity index (χ4n) is 5.66. The van der Waals surface area contributed by atoms with Gasteiger partial charge in [0.25, 0.3) is 0 Å². The SMILES string of the molecule is C=C(c1ccccc1)N1CCC(Cc2ccc(C3CCNCC3)cc2)CC1.CCc1ccc(C)c(C)c1. The Morgan fingerprint density at radius 3 is 2.08 bits per heavy atom. The number of hydrogen-bond donors (Lipinski definition) is 1. The lowest BCUT2D eigenvalue weighted by Gasteiger charge is -2.35. The summed E-state index contributed by atoms with van der Waals surface area (Å²) in [7, 11) is 0. The van der Waals surface area contributed by atoms with Crippen molar-refractivity contribution < 1.29 is 0 Å². The molecule has 0 saturated carbocycles. The highest BCUT2D eigenvalue weighted by Gasteiger charge is 2.21. The zero-order chi connectivity index (χ0) is 26.0. The van der Waals surface area contributed by atoms with Gasteiger partial charge in [-0.1, -0.05) is 86.3 Å². The highest BCUT2D eigenvalue weighted by atomic mass is 15.1. The predicted molar refractivity (Wildman–Crippen MR) is 160 cm³/mol. The van der Waals surface area contributed by atoms with Gasteiger partial charge < -0.3 is 10.2 Å². The Labute approximate surface area is 225 Å². The number of piperidine rings is 2. The first-order chi connectivity index (χ1) is 18.0. The Morgan fingerprint density at radius 1 is 0.811 bits per heavy atom. The van der Waals surface area contributed by atoms with E-state index in [4.69, 9.17) is 0 Å². The molecule has 37 heavy (non-hydrogen) atoms. The first-order valence-electron chi connectivity index (χ1n) is 14.4. The van der Waals surface area contributed by atoms with E-state index >= 15 is 0 Å². The van der Waals surface area contributed by atoms with E-state index in [1.807, 2.05) is 0 Å². The number of aryl methyl sites for hydroxylation is 3. The van der Waals surface area contributed by atoms with E-state index < -0.39 is 0 Å². The van der Waals surface area contributed by atoms with Crippen LogP contribution in [-0.4, -0.2) is 31.1 Å². The minimum absolute atomic E-state index is 0.757. The molecule has 3 aromatic rings. The van der Waals surface area contributed by atoms with Crippen LogP contribution in [0.5, 0.6) is 0 Å². The van der Waals surface area contributed by atoms with Crippen LogP contribution in [0.15, 0.2) is 79.4 Å². The standard InChI is InChI=1S/C25H32N2.C10H14/c1-20(23-5-3-2-4-6-23)27-17-13-22(14-18-27)19-21-7-9-24(10-8-21)25-11-15-26-16-12-25;1-4-10-6-5-8(2)9(3)7-10/h2-10,22,25-26H,1,11-19H2;5-7H,4H2,1-3H3. The molecule has 3 aromatic carbocycles. The fraction of sp³-hybridized carbons (Fsp3) is 0.429. The van der Waals surface area contributed by atoms with Crippen LogP contribution in [-0.2, 0) is 12.8 Å². The Balaban J connectivity index is 0.000000270. The molecule has 0 aliphatic carbocycles. The van der Waals surface area contributed by atoms with Crippen molar-refractivity contribution in [2.24, 2.45) is 5.92 Å². The summed E-state index contributed by atoms with van der Waals surface area (Å²) in [6, 6.07) is 26.8. The van der Waals surface area contributed by atoms with E-state index in [2.05, 4.69) is 110 Å². The molecule has 2 saturated heterocycles. The van der Waals surface area contributed by atoms with Crippen molar-refractivity contribution in [3.05, 3.63) is 113 Å². The number of rotatable bonds is 6. The summed E-state index contributed by atoms with van der Waals surface area (Å²) >= 11 is 0.